The number of nitrogens with one attached hydrogen (secondary N) is 1. The molecule has 1 aromatic carbocycles. The number of nitrogens with zero attached hydrogens (tertiary/aromatic N) is 4. The first kappa shape index (κ1) is 14.6. The largest absolute Gasteiger partial charge is 0.354 e. The SMILES string of the molecule is CCNc1nc(Sc2ccc(C)cc2)nc(N(C)C)n1. The van der Waals surface area contributed by atoms with Crippen LogP contribution >= 0.6 is 11.8 Å². The summed E-state index contributed by atoms with van der Waals surface area (Å²) in [5, 5.41) is 3.83. The van der Waals surface area contributed by atoms with Crippen molar-refractivity contribution in [1.82, 2.24) is 15.0 Å². The lowest BCUT2D eigenvalue weighted by atomic mass is 10.2. The van der Waals surface area contributed by atoms with E-state index in [1.165, 1.54) is 17.3 Å². The Balaban J connectivity index is 2.27. The summed E-state index contributed by atoms with van der Waals surface area (Å²) in [6, 6.07) is 8.32. The molecule has 106 valence electrons. The zero-order chi connectivity index (χ0) is 14.5. The van der Waals surface area contributed by atoms with Gasteiger partial charge in [0.05, 0.1) is 0 Å². The van der Waals surface area contributed by atoms with Crippen LogP contribution in [0.3, 0.4) is 0 Å². The number of hydrogen-bond donors (Lipinski definition) is 1. The van der Waals surface area contributed by atoms with E-state index in [0.29, 0.717) is 17.1 Å². The van der Waals surface area contributed by atoms with Crippen LogP contribution < -0.4 is 10.2 Å². The van der Waals surface area contributed by atoms with Crippen molar-refractivity contribution in [3.8, 4) is 0 Å². The molecular formula is C14H19N5S. The highest BCUT2D eigenvalue weighted by molar-refractivity contribution is 7.99. The molecule has 0 saturated heterocycles. The zero-order valence-corrected chi connectivity index (χ0v) is 13.0. The molecular weight excluding hydrogens is 270 g/mol. The average molecular weight is 289 g/mol. The summed E-state index contributed by atoms with van der Waals surface area (Å²) in [6.07, 6.45) is 0. The van der Waals surface area contributed by atoms with Crippen LogP contribution in [0.2, 0.25) is 0 Å². The van der Waals surface area contributed by atoms with Crippen molar-refractivity contribution in [3.63, 3.8) is 0 Å². The number of rotatable bonds is 5. The lowest BCUT2D eigenvalue weighted by Crippen LogP contribution is -2.15. The van der Waals surface area contributed by atoms with Gasteiger partial charge in [-0.3, -0.25) is 0 Å². The highest BCUT2D eigenvalue weighted by Gasteiger charge is 2.09. The Morgan fingerprint density at radius 2 is 1.80 bits per heavy atom. The molecule has 0 amide bonds. The lowest BCUT2D eigenvalue weighted by Gasteiger charge is -2.12. The number of aryl methyl sites for hydroxylation is 1. The Labute approximate surface area is 123 Å². The number of aromatic nitrogens is 3. The molecule has 6 heteroatoms. The molecule has 0 atom stereocenters. The maximum Gasteiger partial charge on any atom is 0.230 e. The molecule has 0 radical (unpaired) electrons. The summed E-state index contributed by atoms with van der Waals surface area (Å²) >= 11 is 1.54. The van der Waals surface area contributed by atoms with Gasteiger partial charge in [0.15, 0.2) is 5.16 Å². The average Bonchev–Trinajstić information content (AvgIpc) is 2.41. The Morgan fingerprint density at radius 1 is 1.10 bits per heavy atom. The minimum absolute atomic E-state index is 0.612. The molecule has 1 aromatic heterocycles. The predicted octanol–water partition coefficient (Wildman–Crippen LogP) is 2.83. The first-order valence-electron chi connectivity index (χ1n) is 6.50. The summed E-state index contributed by atoms with van der Waals surface area (Å²) in [5.41, 5.74) is 1.24. The molecule has 0 unspecified atom stereocenters. The van der Waals surface area contributed by atoms with Gasteiger partial charge in [0, 0.05) is 25.5 Å². The fourth-order valence-electron chi connectivity index (χ4n) is 1.54. The topological polar surface area (TPSA) is 53.9 Å². The first-order valence-corrected chi connectivity index (χ1v) is 7.32. The van der Waals surface area contributed by atoms with Gasteiger partial charge in [-0.25, -0.2) is 0 Å². The summed E-state index contributed by atoms with van der Waals surface area (Å²) in [7, 11) is 3.84. The van der Waals surface area contributed by atoms with Gasteiger partial charge in [0.2, 0.25) is 11.9 Å². The normalized spacial score (nSPS) is 10.4. The quantitative estimate of drug-likeness (QED) is 0.913. The Hall–Kier alpha value is -1.82. The van der Waals surface area contributed by atoms with Crippen LogP contribution in [0.5, 0.6) is 0 Å². The molecule has 0 aliphatic rings. The maximum atomic E-state index is 4.46. The van der Waals surface area contributed by atoms with E-state index in [1.807, 2.05) is 25.9 Å². The second-order valence-electron chi connectivity index (χ2n) is 4.58. The van der Waals surface area contributed by atoms with E-state index in [9.17, 15) is 0 Å². The fourth-order valence-corrected chi connectivity index (χ4v) is 2.28. The fraction of sp³-hybridized carbons (Fsp3) is 0.357. The molecule has 2 rings (SSSR count). The highest BCUT2D eigenvalue weighted by Crippen LogP contribution is 2.26. The van der Waals surface area contributed by atoms with E-state index in [1.54, 1.807) is 0 Å². The van der Waals surface area contributed by atoms with Crippen LogP contribution in [0.1, 0.15) is 12.5 Å². The van der Waals surface area contributed by atoms with Crippen LogP contribution in [-0.4, -0.2) is 35.6 Å². The number of benzene rings is 1. The third kappa shape index (κ3) is 3.84. The Morgan fingerprint density at radius 3 is 2.40 bits per heavy atom. The summed E-state index contributed by atoms with van der Waals surface area (Å²) in [4.78, 5) is 16.2. The van der Waals surface area contributed by atoms with Crippen molar-refractivity contribution in [2.45, 2.75) is 23.9 Å². The van der Waals surface area contributed by atoms with E-state index >= 15 is 0 Å². The van der Waals surface area contributed by atoms with E-state index in [0.717, 1.165) is 11.4 Å². The van der Waals surface area contributed by atoms with E-state index in [-0.39, 0.29) is 0 Å². The molecule has 0 aliphatic carbocycles. The summed E-state index contributed by atoms with van der Waals surface area (Å²) in [6.45, 7) is 4.88. The monoisotopic (exact) mass is 289 g/mol. The maximum absolute atomic E-state index is 4.46. The second kappa shape index (κ2) is 6.56. The van der Waals surface area contributed by atoms with Crippen LogP contribution in [0.15, 0.2) is 34.3 Å². The molecule has 0 spiro atoms. The van der Waals surface area contributed by atoms with Crippen molar-refractivity contribution in [3.05, 3.63) is 29.8 Å². The molecule has 1 heterocycles. The lowest BCUT2D eigenvalue weighted by molar-refractivity contribution is 0.864. The molecule has 0 aliphatic heterocycles. The van der Waals surface area contributed by atoms with Gasteiger partial charge in [0.25, 0.3) is 0 Å². The Kier molecular flexibility index (Phi) is 4.79. The van der Waals surface area contributed by atoms with Gasteiger partial charge in [-0.1, -0.05) is 17.7 Å². The number of hydrogen-bond acceptors (Lipinski definition) is 6. The molecule has 0 fully saturated rings. The van der Waals surface area contributed by atoms with Gasteiger partial charge in [-0.05, 0) is 37.7 Å². The van der Waals surface area contributed by atoms with E-state index in [4.69, 9.17) is 0 Å². The minimum atomic E-state index is 0.612. The van der Waals surface area contributed by atoms with Crippen molar-refractivity contribution in [1.29, 1.82) is 0 Å². The highest BCUT2D eigenvalue weighted by atomic mass is 32.2. The van der Waals surface area contributed by atoms with Crippen LogP contribution in [-0.2, 0) is 0 Å². The minimum Gasteiger partial charge on any atom is -0.354 e. The van der Waals surface area contributed by atoms with Gasteiger partial charge < -0.3 is 10.2 Å². The van der Waals surface area contributed by atoms with Crippen molar-refractivity contribution < 1.29 is 0 Å². The smallest absolute Gasteiger partial charge is 0.230 e. The third-order valence-electron chi connectivity index (χ3n) is 2.57. The van der Waals surface area contributed by atoms with Crippen LogP contribution in [0, 0.1) is 6.92 Å². The first-order chi connectivity index (χ1) is 9.58. The summed E-state index contributed by atoms with van der Waals surface area (Å²) in [5.74, 6) is 1.27. The predicted molar refractivity (Wildman–Crippen MR) is 83.6 cm³/mol. The van der Waals surface area contributed by atoms with E-state index < -0.39 is 0 Å². The Bertz CT molecular complexity index is 568. The van der Waals surface area contributed by atoms with Crippen molar-refractivity contribution >= 4 is 23.7 Å². The molecule has 20 heavy (non-hydrogen) atoms. The van der Waals surface area contributed by atoms with Gasteiger partial charge >= 0.3 is 0 Å². The van der Waals surface area contributed by atoms with E-state index in [2.05, 4.69) is 51.5 Å². The van der Waals surface area contributed by atoms with Crippen molar-refractivity contribution in [2.24, 2.45) is 0 Å². The van der Waals surface area contributed by atoms with Crippen LogP contribution in [0.4, 0.5) is 11.9 Å². The number of anilines is 2. The van der Waals surface area contributed by atoms with Crippen LogP contribution in [0.25, 0.3) is 0 Å². The molecule has 0 bridgehead atoms. The van der Waals surface area contributed by atoms with Gasteiger partial charge in [0.1, 0.15) is 0 Å². The zero-order valence-electron chi connectivity index (χ0n) is 12.2. The summed E-state index contributed by atoms with van der Waals surface area (Å²) < 4.78 is 0. The van der Waals surface area contributed by atoms with Gasteiger partial charge in [-0.15, -0.1) is 0 Å². The standard InChI is InChI=1S/C14H19N5S/c1-5-15-12-16-13(19(3)4)18-14(17-12)20-11-8-6-10(2)7-9-11/h6-9H,5H2,1-4H3,(H,15,16,17,18). The molecule has 0 saturated carbocycles. The molecule has 2 aromatic rings. The molecule has 1 N–H and O–H groups in total. The molecule has 5 nitrogen and oxygen atoms in total. The second-order valence-corrected chi connectivity index (χ2v) is 5.62. The van der Waals surface area contributed by atoms with Crippen molar-refractivity contribution in [2.75, 3.05) is 30.9 Å². The third-order valence-corrected chi connectivity index (χ3v) is 3.44. The van der Waals surface area contributed by atoms with Gasteiger partial charge in [-0.2, -0.15) is 15.0 Å².